The fourth-order valence-electron chi connectivity index (χ4n) is 3.46. The number of carbonyl (C=O) groups excluding carboxylic acids is 2. The number of anilines is 1. The summed E-state index contributed by atoms with van der Waals surface area (Å²) in [6.45, 7) is 4.67. The monoisotopic (exact) mass is 401 g/mol. The molecule has 1 aliphatic heterocycles. The van der Waals surface area contributed by atoms with Gasteiger partial charge in [0.15, 0.2) is 5.75 Å². The van der Waals surface area contributed by atoms with Crippen LogP contribution in [0.3, 0.4) is 0 Å². The molecule has 3 aromatic rings. The molecule has 0 fully saturated rings. The highest BCUT2D eigenvalue weighted by Crippen LogP contribution is 2.38. The van der Waals surface area contributed by atoms with Crippen LogP contribution >= 0.6 is 0 Å². The molecule has 6 nitrogen and oxygen atoms in total. The Balaban J connectivity index is 1.51. The Morgan fingerprint density at radius 2 is 1.90 bits per heavy atom. The number of fused-ring (bicyclic) bond motifs is 2. The largest absolute Gasteiger partial charge is 0.436 e. The van der Waals surface area contributed by atoms with E-state index in [2.05, 4.69) is 10.3 Å². The van der Waals surface area contributed by atoms with E-state index in [1.807, 2.05) is 56.3 Å². The molecule has 2 heterocycles. The van der Waals surface area contributed by atoms with Crippen LogP contribution in [0.2, 0.25) is 0 Å². The number of hydrogen-bond acceptors (Lipinski definition) is 4. The molecule has 1 N–H and O–H groups in total. The Bertz CT molecular complexity index is 1110. The van der Waals surface area contributed by atoms with Crippen molar-refractivity contribution in [1.29, 1.82) is 0 Å². The highest BCUT2D eigenvalue weighted by molar-refractivity contribution is 6.09. The molecule has 2 amide bonds. The van der Waals surface area contributed by atoms with Crippen molar-refractivity contribution < 1.29 is 14.3 Å². The second kappa shape index (κ2) is 8.37. The van der Waals surface area contributed by atoms with E-state index in [4.69, 9.17) is 4.74 Å². The van der Waals surface area contributed by atoms with E-state index in [1.54, 1.807) is 23.2 Å². The van der Waals surface area contributed by atoms with E-state index in [0.717, 1.165) is 16.7 Å². The maximum absolute atomic E-state index is 13.2. The highest BCUT2D eigenvalue weighted by atomic mass is 16.5. The molecular formula is C24H23N3O3. The molecule has 1 aromatic heterocycles. The number of nitrogens with one attached hydrogen (secondary N) is 1. The number of amides is 2. The maximum Gasteiger partial charge on any atom is 0.263 e. The van der Waals surface area contributed by atoms with E-state index in [-0.39, 0.29) is 30.7 Å². The first-order valence-corrected chi connectivity index (χ1v) is 9.89. The number of benzene rings is 2. The van der Waals surface area contributed by atoms with Gasteiger partial charge in [0.05, 0.1) is 5.69 Å². The summed E-state index contributed by atoms with van der Waals surface area (Å²) < 4.78 is 5.91. The molecule has 1 aliphatic rings. The van der Waals surface area contributed by atoms with Gasteiger partial charge in [0.2, 0.25) is 11.8 Å². The summed E-state index contributed by atoms with van der Waals surface area (Å²) in [4.78, 5) is 31.5. The third kappa shape index (κ3) is 4.17. The Morgan fingerprint density at radius 3 is 2.73 bits per heavy atom. The van der Waals surface area contributed by atoms with Crippen LogP contribution in [0.4, 0.5) is 5.69 Å². The molecule has 4 rings (SSSR count). The van der Waals surface area contributed by atoms with E-state index >= 15 is 0 Å². The maximum atomic E-state index is 13.2. The van der Waals surface area contributed by atoms with Crippen LogP contribution in [-0.4, -0.2) is 23.3 Å². The summed E-state index contributed by atoms with van der Waals surface area (Å²) in [6, 6.07) is 17.0. The summed E-state index contributed by atoms with van der Waals surface area (Å²) in [5.41, 5.74) is 4.22. The molecule has 0 atom stereocenters. The topological polar surface area (TPSA) is 71.5 Å². The van der Waals surface area contributed by atoms with Crippen molar-refractivity contribution >= 4 is 17.5 Å². The Labute approximate surface area is 175 Å². The molecule has 0 saturated carbocycles. The zero-order valence-corrected chi connectivity index (χ0v) is 17.0. The van der Waals surface area contributed by atoms with Crippen molar-refractivity contribution in [3.05, 3.63) is 83.0 Å². The number of hydrogen-bond donors (Lipinski definition) is 1. The number of carbonyl (C=O) groups is 2. The number of ether oxygens (including phenoxy) is 1. The van der Waals surface area contributed by atoms with Gasteiger partial charge in [0, 0.05) is 25.7 Å². The SMILES string of the molecule is Cc1cccc(CNC(=O)CCN2C(=O)c3cccnc3Oc3ccc(C)cc32)c1. The number of pyridine rings is 1. The van der Waals surface area contributed by atoms with Crippen molar-refractivity contribution in [1.82, 2.24) is 10.3 Å². The smallest absolute Gasteiger partial charge is 0.263 e. The van der Waals surface area contributed by atoms with Crippen LogP contribution in [0.5, 0.6) is 11.6 Å². The minimum absolute atomic E-state index is 0.116. The van der Waals surface area contributed by atoms with Crippen molar-refractivity contribution in [3.8, 4) is 11.6 Å². The number of nitrogens with zero attached hydrogens (tertiary/aromatic N) is 2. The average Bonchev–Trinajstić information content (AvgIpc) is 2.85. The molecule has 0 saturated heterocycles. The molecule has 6 heteroatoms. The highest BCUT2D eigenvalue weighted by Gasteiger charge is 2.29. The zero-order valence-electron chi connectivity index (χ0n) is 17.0. The van der Waals surface area contributed by atoms with Gasteiger partial charge >= 0.3 is 0 Å². The minimum atomic E-state index is -0.228. The van der Waals surface area contributed by atoms with Gasteiger partial charge in [-0.05, 0) is 49.2 Å². The first-order valence-electron chi connectivity index (χ1n) is 9.89. The first kappa shape index (κ1) is 19.6. The molecule has 152 valence electrons. The van der Waals surface area contributed by atoms with Crippen LogP contribution < -0.4 is 15.0 Å². The van der Waals surface area contributed by atoms with E-state index in [9.17, 15) is 9.59 Å². The van der Waals surface area contributed by atoms with Crippen molar-refractivity contribution in [3.63, 3.8) is 0 Å². The minimum Gasteiger partial charge on any atom is -0.436 e. The molecule has 0 unspecified atom stereocenters. The lowest BCUT2D eigenvalue weighted by Gasteiger charge is -2.22. The van der Waals surface area contributed by atoms with E-state index in [1.165, 1.54) is 0 Å². The van der Waals surface area contributed by atoms with Gasteiger partial charge in [-0.15, -0.1) is 0 Å². The number of aromatic nitrogens is 1. The van der Waals surface area contributed by atoms with E-state index in [0.29, 0.717) is 23.5 Å². The molecule has 30 heavy (non-hydrogen) atoms. The average molecular weight is 401 g/mol. The molecule has 0 bridgehead atoms. The summed E-state index contributed by atoms with van der Waals surface area (Å²) in [6.07, 6.45) is 1.77. The van der Waals surface area contributed by atoms with Gasteiger partial charge in [-0.1, -0.05) is 35.9 Å². The van der Waals surface area contributed by atoms with Gasteiger partial charge in [-0.2, -0.15) is 0 Å². The lowest BCUT2D eigenvalue weighted by Crippen LogP contribution is -2.35. The molecule has 0 radical (unpaired) electrons. The molecule has 2 aromatic carbocycles. The Morgan fingerprint density at radius 1 is 1.07 bits per heavy atom. The molecular weight excluding hydrogens is 378 g/mol. The summed E-state index contributed by atoms with van der Waals surface area (Å²) >= 11 is 0. The molecule has 0 aliphatic carbocycles. The third-order valence-corrected chi connectivity index (χ3v) is 4.99. The fraction of sp³-hybridized carbons (Fsp3) is 0.208. The van der Waals surface area contributed by atoms with Gasteiger partial charge in [0.1, 0.15) is 5.56 Å². The van der Waals surface area contributed by atoms with Crippen LogP contribution in [0.15, 0.2) is 60.8 Å². The number of aryl methyl sites for hydroxylation is 2. The van der Waals surface area contributed by atoms with Gasteiger partial charge in [-0.3, -0.25) is 9.59 Å². The second-order valence-electron chi connectivity index (χ2n) is 7.40. The predicted molar refractivity (Wildman–Crippen MR) is 115 cm³/mol. The fourth-order valence-corrected chi connectivity index (χ4v) is 3.46. The lowest BCUT2D eigenvalue weighted by atomic mass is 10.1. The zero-order chi connectivity index (χ0) is 21.1. The van der Waals surface area contributed by atoms with Gasteiger partial charge < -0.3 is 15.0 Å². The number of rotatable bonds is 5. The lowest BCUT2D eigenvalue weighted by molar-refractivity contribution is -0.121. The van der Waals surface area contributed by atoms with Crippen LogP contribution in [0.1, 0.15) is 33.5 Å². The Kier molecular flexibility index (Phi) is 5.48. The second-order valence-corrected chi connectivity index (χ2v) is 7.40. The third-order valence-electron chi connectivity index (χ3n) is 4.99. The summed E-state index contributed by atoms with van der Waals surface area (Å²) in [5.74, 6) is 0.481. The predicted octanol–water partition coefficient (Wildman–Crippen LogP) is 4.16. The van der Waals surface area contributed by atoms with Crippen molar-refractivity contribution in [2.75, 3.05) is 11.4 Å². The van der Waals surface area contributed by atoms with Crippen LogP contribution in [-0.2, 0) is 11.3 Å². The summed E-state index contributed by atoms with van der Waals surface area (Å²) in [7, 11) is 0. The Hall–Kier alpha value is -3.67. The van der Waals surface area contributed by atoms with Crippen molar-refractivity contribution in [2.45, 2.75) is 26.8 Å². The standard InChI is InChI=1S/C24H23N3O3/c1-16-5-3-6-18(13-16)15-26-22(28)10-12-27-20-14-17(2)8-9-21(20)30-23-19(24(27)29)7-4-11-25-23/h3-9,11,13-14H,10,12,15H2,1-2H3,(H,26,28). The normalized spacial score (nSPS) is 12.5. The van der Waals surface area contributed by atoms with Crippen molar-refractivity contribution in [2.24, 2.45) is 0 Å². The van der Waals surface area contributed by atoms with Gasteiger partial charge in [0.25, 0.3) is 5.91 Å². The van der Waals surface area contributed by atoms with Crippen LogP contribution in [0.25, 0.3) is 0 Å². The quantitative estimate of drug-likeness (QED) is 0.697. The van der Waals surface area contributed by atoms with E-state index < -0.39 is 0 Å². The first-order chi connectivity index (χ1) is 14.5. The van der Waals surface area contributed by atoms with Crippen LogP contribution in [0, 0.1) is 13.8 Å². The molecule has 0 spiro atoms. The van der Waals surface area contributed by atoms with Gasteiger partial charge in [-0.25, -0.2) is 4.98 Å². The summed E-state index contributed by atoms with van der Waals surface area (Å²) in [5, 5.41) is 2.93.